The number of thioether (sulfide) groups is 1. The Morgan fingerprint density at radius 2 is 2.06 bits per heavy atom. The Balaban J connectivity index is 2.85. The van der Waals surface area contributed by atoms with Crippen molar-refractivity contribution in [3.05, 3.63) is 16.0 Å². The van der Waals surface area contributed by atoms with Crippen molar-refractivity contribution in [1.82, 2.24) is 9.97 Å². The molecule has 0 aromatic carbocycles. The van der Waals surface area contributed by atoms with E-state index in [-0.39, 0.29) is 0 Å². The molecule has 0 aliphatic rings. The largest absolute Gasteiger partial charge is 0.372 e. The highest BCUT2D eigenvalue weighted by Gasteiger charge is 2.10. The van der Waals surface area contributed by atoms with Gasteiger partial charge in [-0.25, -0.2) is 9.97 Å². The third kappa shape index (κ3) is 4.14. The van der Waals surface area contributed by atoms with Gasteiger partial charge in [-0.3, -0.25) is 0 Å². The van der Waals surface area contributed by atoms with Crippen LogP contribution in [0.4, 0.5) is 5.82 Å². The van der Waals surface area contributed by atoms with Crippen LogP contribution in [0.2, 0.25) is 0 Å². The molecule has 0 saturated carbocycles. The van der Waals surface area contributed by atoms with Crippen molar-refractivity contribution in [3.63, 3.8) is 0 Å². The second kappa shape index (κ2) is 7.21. The third-order valence-corrected chi connectivity index (χ3v) is 4.77. The molecule has 1 aromatic rings. The van der Waals surface area contributed by atoms with Gasteiger partial charge in [-0.1, -0.05) is 20.8 Å². The highest BCUT2D eigenvalue weighted by atomic mass is 79.9. The number of rotatable bonds is 6. The van der Waals surface area contributed by atoms with E-state index in [1.54, 1.807) is 0 Å². The molecule has 0 fully saturated rings. The summed E-state index contributed by atoms with van der Waals surface area (Å²) >= 11 is 5.44. The zero-order valence-electron chi connectivity index (χ0n) is 10.9. The van der Waals surface area contributed by atoms with Gasteiger partial charge in [0.1, 0.15) is 11.6 Å². The van der Waals surface area contributed by atoms with Gasteiger partial charge >= 0.3 is 0 Å². The van der Waals surface area contributed by atoms with E-state index >= 15 is 0 Å². The van der Waals surface area contributed by atoms with E-state index in [9.17, 15) is 0 Å². The lowest BCUT2D eigenvalue weighted by molar-refractivity contribution is 0.894. The van der Waals surface area contributed by atoms with E-state index in [0.29, 0.717) is 5.25 Å². The van der Waals surface area contributed by atoms with Gasteiger partial charge in [-0.05, 0) is 28.8 Å². The minimum absolute atomic E-state index is 0.658. The normalized spacial score (nSPS) is 12.5. The molecule has 1 rings (SSSR count). The van der Waals surface area contributed by atoms with Gasteiger partial charge in [-0.2, -0.15) is 11.8 Å². The van der Waals surface area contributed by atoms with Crippen molar-refractivity contribution in [2.24, 2.45) is 0 Å². The van der Waals surface area contributed by atoms with Gasteiger partial charge < -0.3 is 5.32 Å². The van der Waals surface area contributed by atoms with Gasteiger partial charge in [0.25, 0.3) is 0 Å². The topological polar surface area (TPSA) is 37.8 Å². The van der Waals surface area contributed by atoms with Crippen LogP contribution in [0.5, 0.6) is 0 Å². The summed E-state index contributed by atoms with van der Waals surface area (Å²) in [6.07, 6.45) is 2.10. The molecule has 0 spiro atoms. The zero-order chi connectivity index (χ0) is 12.8. The lowest BCUT2D eigenvalue weighted by Crippen LogP contribution is -2.05. The first-order valence-corrected chi connectivity index (χ1v) is 7.81. The molecule has 1 aromatic heterocycles. The fraction of sp³-hybridized carbons (Fsp3) is 0.667. The van der Waals surface area contributed by atoms with Gasteiger partial charge in [0.2, 0.25) is 0 Å². The SMILES string of the molecule is CCc1nc(CSC(C)CC)nc(NC)c1Br. The Hall–Kier alpha value is -0.290. The average Bonchev–Trinajstić information content (AvgIpc) is 2.36. The number of anilines is 1. The van der Waals surface area contributed by atoms with Gasteiger partial charge in [-0.15, -0.1) is 0 Å². The van der Waals surface area contributed by atoms with Gasteiger partial charge in [0.05, 0.1) is 15.9 Å². The van der Waals surface area contributed by atoms with Crippen molar-refractivity contribution in [1.29, 1.82) is 0 Å². The molecular formula is C12H20BrN3S. The van der Waals surface area contributed by atoms with E-state index in [0.717, 1.165) is 34.0 Å². The number of aromatic nitrogens is 2. The molecule has 0 radical (unpaired) electrons. The van der Waals surface area contributed by atoms with Crippen LogP contribution < -0.4 is 5.32 Å². The number of aryl methyl sites for hydroxylation is 1. The first kappa shape index (κ1) is 14.8. The Kier molecular flexibility index (Phi) is 6.27. The molecule has 0 saturated heterocycles. The third-order valence-electron chi connectivity index (χ3n) is 2.61. The second-order valence-corrected chi connectivity index (χ2v) is 6.10. The molecule has 0 amide bonds. The maximum absolute atomic E-state index is 4.59. The summed E-state index contributed by atoms with van der Waals surface area (Å²) in [7, 11) is 1.89. The van der Waals surface area contributed by atoms with E-state index in [2.05, 4.69) is 52.0 Å². The highest BCUT2D eigenvalue weighted by Crippen LogP contribution is 2.26. The van der Waals surface area contributed by atoms with Crippen LogP contribution >= 0.6 is 27.7 Å². The zero-order valence-corrected chi connectivity index (χ0v) is 13.3. The molecule has 5 heteroatoms. The summed E-state index contributed by atoms with van der Waals surface area (Å²) in [6, 6.07) is 0. The van der Waals surface area contributed by atoms with Crippen LogP contribution in [0.3, 0.4) is 0 Å². The summed E-state index contributed by atoms with van der Waals surface area (Å²) in [5, 5.41) is 3.76. The standard InChI is InChI=1S/C12H20BrN3S/c1-5-8(3)17-7-10-15-9(6-2)11(13)12(14-4)16-10/h8H,5-7H2,1-4H3,(H,14,15,16). The molecule has 0 aliphatic heterocycles. The average molecular weight is 318 g/mol. The molecule has 96 valence electrons. The molecule has 17 heavy (non-hydrogen) atoms. The van der Waals surface area contributed by atoms with E-state index in [1.807, 2.05) is 18.8 Å². The maximum Gasteiger partial charge on any atom is 0.144 e. The predicted molar refractivity (Wildman–Crippen MR) is 79.7 cm³/mol. The summed E-state index contributed by atoms with van der Waals surface area (Å²) < 4.78 is 0.986. The fourth-order valence-corrected chi connectivity index (χ4v) is 2.80. The fourth-order valence-electron chi connectivity index (χ4n) is 1.34. The number of hydrogen-bond acceptors (Lipinski definition) is 4. The van der Waals surface area contributed by atoms with Crippen molar-refractivity contribution >= 4 is 33.5 Å². The summed E-state index contributed by atoms with van der Waals surface area (Å²) in [4.78, 5) is 9.10. The Bertz CT molecular complexity index is 346. The molecule has 3 nitrogen and oxygen atoms in total. The second-order valence-electron chi connectivity index (χ2n) is 3.88. The van der Waals surface area contributed by atoms with Crippen molar-refractivity contribution in [2.75, 3.05) is 12.4 Å². The number of nitrogens with zero attached hydrogens (tertiary/aromatic N) is 2. The highest BCUT2D eigenvalue weighted by molar-refractivity contribution is 9.10. The first-order chi connectivity index (χ1) is 8.12. The smallest absolute Gasteiger partial charge is 0.144 e. The van der Waals surface area contributed by atoms with E-state index in [4.69, 9.17) is 0 Å². The van der Waals surface area contributed by atoms with Crippen LogP contribution in [0.1, 0.15) is 38.7 Å². The Labute approximate surface area is 116 Å². The van der Waals surface area contributed by atoms with E-state index in [1.165, 1.54) is 6.42 Å². The van der Waals surface area contributed by atoms with Crippen molar-refractivity contribution in [3.8, 4) is 0 Å². The van der Waals surface area contributed by atoms with Crippen LogP contribution in [0.25, 0.3) is 0 Å². The molecule has 1 unspecified atom stereocenters. The van der Waals surface area contributed by atoms with Crippen LogP contribution in [-0.2, 0) is 12.2 Å². The minimum Gasteiger partial charge on any atom is -0.372 e. The van der Waals surface area contributed by atoms with Gasteiger partial charge in [0.15, 0.2) is 0 Å². The Morgan fingerprint density at radius 1 is 1.35 bits per heavy atom. The van der Waals surface area contributed by atoms with E-state index < -0.39 is 0 Å². The number of halogens is 1. The van der Waals surface area contributed by atoms with Crippen molar-refractivity contribution in [2.45, 2.75) is 44.6 Å². The van der Waals surface area contributed by atoms with Crippen LogP contribution in [-0.4, -0.2) is 22.3 Å². The number of hydrogen-bond donors (Lipinski definition) is 1. The molecule has 0 bridgehead atoms. The summed E-state index contributed by atoms with van der Waals surface area (Å²) in [5.41, 5.74) is 1.07. The van der Waals surface area contributed by atoms with Crippen LogP contribution in [0.15, 0.2) is 4.47 Å². The quantitative estimate of drug-likeness (QED) is 0.864. The minimum atomic E-state index is 0.658. The maximum atomic E-state index is 4.59. The lowest BCUT2D eigenvalue weighted by atomic mass is 10.3. The monoisotopic (exact) mass is 317 g/mol. The van der Waals surface area contributed by atoms with Crippen LogP contribution in [0, 0.1) is 0 Å². The predicted octanol–water partition coefficient (Wildman–Crippen LogP) is 3.87. The lowest BCUT2D eigenvalue weighted by Gasteiger charge is -2.11. The van der Waals surface area contributed by atoms with Gasteiger partial charge in [0, 0.05) is 12.3 Å². The van der Waals surface area contributed by atoms with Crippen molar-refractivity contribution < 1.29 is 0 Å². The number of nitrogens with one attached hydrogen (secondary N) is 1. The molecule has 0 aliphatic carbocycles. The molecule has 1 heterocycles. The Morgan fingerprint density at radius 3 is 2.59 bits per heavy atom. The summed E-state index contributed by atoms with van der Waals surface area (Å²) in [6.45, 7) is 6.55. The summed E-state index contributed by atoms with van der Waals surface area (Å²) in [5.74, 6) is 2.68. The molecule has 1 atom stereocenters. The molecular weight excluding hydrogens is 298 g/mol. The molecule has 1 N–H and O–H groups in total. The first-order valence-electron chi connectivity index (χ1n) is 5.96.